The molecule has 0 fully saturated rings. The maximum Gasteiger partial charge on any atom is 0.161 e. The van der Waals surface area contributed by atoms with Crippen LogP contribution in [0.4, 0.5) is 0 Å². The minimum absolute atomic E-state index is 0.00888. The quantitative estimate of drug-likeness (QED) is 0.471. The second-order valence-electron chi connectivity index (χ2n) is 6.97. The van der Waals surface area contributed by atoms with E-state index in [1.54, 1.807) is 31.0 Å². The fraction of sp³-hybridized carbons (Fsp3) is 0.182. The standard InChI is InChI=1S/C22H21N3O4S/c1-28-20-9-7-17(12-21(20)29-2)19-13-23-22-10-8-18(24-25(19)22)16-6-4-5-15(11-16)14-30(3,26)27/h4-13H,14H2,1-3H3. The minimum atomic E-state index is -3.11. The van der Waals surface area contributed by atoms with Crippen molar-refractivity contribution in [3.63, 3.8) is 0 Å². The highest BCUT2D eigenvalue weighted by Crippen LogP contribution is 2.32. The zero-order valence-electron chi connectivity index (χ0n) is 16.9. The van der Waals surface area contributed by atoms with E-state index in [9.17, 15) is 8.42 Å². The number of hydrogen-bond donors (Lipinski definition) is 0. The predicted molar refractivity (Wildman–Crippen MR) is 116 cm³/mol. The summed E-state index contributed by atoms with van der Waals surface area (Å²) in [7, 11) is 0.0732. The van der Waals surface area contributed by atoms with Crippen LogP contribution in [0.2, 0.25) is 0 Å². The Morgan fingerprint density at radius 3 is 2.47 bits per heavy atom. The smallest absolute Gasteiger partial charge is 0.161 e. The molecule has 4 rings (SSSR count). The first-order valence-electron chi connectivity index (χ1n) is 9.22. The van der Waals surface area contributed by atoms with Crippen molar-refractivity contribution >= 4 is 15.5 Å². The summed E-state index contributed by atoms with van der Waals surface area (Å²) in [6.45, 7) is 0. The molecule has 0 bridgehead atoms. The van der Waals surface area contributed by atoms with Gasteiger partial charge < -0.3 is 9.47 Å². The zero-order chi connectivity index (χ0) is 21.3. The summed E-state index contributed by atoms with van der Waals surface area (Å²) in [6, 6.07) is 16.8. The summed E-state index contributed by atoms with van der Waals surface area (Å²) in [5.74, 6) is 1.26. The molecule has 0 spiro atoms. The van der Waals surface area contributed by atoms with Gasteiger partial charge in [0.1, 0.15) is 0 Å². The van der Waals surface area contributed by atoms with Crippen molar-refractivity contribution in [2.45, 2.75) is 5.75 Å². The van der Waals surface area contributed by atoms with E-state index in [0.717, 1.165) is 28.1 Å². The van der Waals surface area contributed by atoms with Gasteiger partial charge in [0.25, 0.3) is 0 Å². The van der Waals surface area contributed by atoms with Gasteiger partial charge in [0.05, 0.1) is 37.6 Å². The lowest BCUT2D eigenvalue weighted by atomic mass is 10.1. The molecule has 0 radical (unpaired) electrons. The number of hydrogen-bond acceptors (Lipinski definition) is 6. The summed E-state index contributed by atoms with van der Waals surface area (Å²) in [6.07, 6.45) is 2.98. The van der Waals surface area contributed by atoms with E-state index in [4.69, 9.17) is 14.6 Å². The largest absolute Gasteiger partial charge is 0.493 e. The third-order valence-corrected chi connectivity index (χ3v) is 5.55. The fourth-order valence-electron chi connectivity index (χ4n) is 3.34. The molecule has 0 saturated carbocycles. The third kappa shape index (κ3) is 3.99. The highest BCUT2D eigenvalue weighted by atomic mass is 32.2. The van der Waals surface area contributed by atoms with Gasteiger partial charge in [0, 0.05) is 17.4 Å². The van der Waals surface area contributed by atoms with Gasteiger partial charge >= 0.3 is 0 Å². The van der Waals surface area contributed by atoms with Gasteiger partial charge in [-0.15, -0.1) is 0 Å². The van der Waals surface area contributed by atoms with Gasteiger partial charge in [0.15, 0.2) is 27.0 Å². The Morgan fingerprint density at radius 1 is 0.933 bits per heavy atom. The molecule has 4 aromatic rings. The molecule has 0 atom stereocenters. The van der Waals surface area contributed by atoms with Crippen LogP contribution in [-0.2, 0) is 15.6 Å². The number of aromatic nitrogens is 3. The average Bonchev–Trinajstić information content (AvgIpc) is 3.15. The molecule has 0 aliphatic carbocycles. The lowest BCUT2D eigenvalue weighted by Gasteiger charge is -2.10. The summed E-state index contributed by atoms with van der Waals surface area (Å²) >= 11 is 0. The summed E-state index contributed by atoms with van der Waals surface area (Å²) < 4.78 is 35.8. The molecule has 7 nitrogen and oxygen atoms in total. The second-order valence-corrected chi connectivity index (χ2v) is 9.11. The predicted octanol–water partition coefficient (Wildman–Crippen LogP) is 3.63. The first-order chi connectivity index (χ1) is 14.4. The van der Waals surface area contributed by atoms with Crippen molar-refractivity contribution in [2.75, 3.05) is 20.5 Å². The van der Waals surface area contributed by atoms with Crippen LogP contribution in [0.15, 0.2) is 60.8 Å². The van der Waals surface area contributed by atoms with Gasteiger partial charge in [-0.05, 0) is 42.0 Å². The van der Waals surface area contributed by atoms with E-state index < -0.39 is 9.84 Å². The third-order valence-electron chi connectivity index (χ3n) is 4.69. The van der Waals surface area contributed by atoms with Crippen molar-refractivity contribution < 1.29 is 17.9 Å². The Balaban J connectivity index is 1.78. The minimum Gasteiger partial charge on any atom is -0.493 e. The van der Waals surface area contributed by atoms with E-state index in [1.807, 2.05) is 48.5 Å². The van der Waals surface area contributed by atoms with Gasteiger partial charge in [-0.3, -0.25) is 0 Å². The summed E-state index contributed by atoms with van der Waals surface area (Å²) in [5.41, 5.74) is 4.68. The van der Waals surface area contributed by atoms with E-state index in [0.29, 0.717) is 17.1 Å². The lowest BCUT2D eigenvalue weighted by Crippen LogP contribution is -2.01. The number of benzene rings is 2. The first-order valence-corrected chi connectivity index (χ1v) is 11.3. The van der Waals surface area contributed by atoms with Crippen LogP contribution in [0, 0.1) is 0 Å². The molecule has 0 amide bonds. The van der Waals surface area contributed by atoms with Crippen LogP contribution < -0.4 is 9.47 Å². The molecule has 0 aliphatic heterocycles. The average molecular weight is 423 g/mol. The fourth-order valence-corrected chi connectivity index (χ4v) is 4.13. The van der Waals surface area contributed by atoms with Gasteiger partial charge in [-0.2, -0.15) is 5.10 Å². The second kappa shape index (κ2) is 7.79. The normalized spacial score (nSPS) is 11.6. The molecule has 0 saturated heterocycles. The van der Waals surface area contributed by atoms with Crippen molar-refractivity contribution in [3.8, 4) is 34.0 Å². The SMILES string of the molecule is COc1ccc(-c2cnc3ccc(-c4cccc(CS(C)(=O)=O)c4)nn23)cc1OC. The molecule has 154 valence electrons. The number of rotatable bonds is 6. The molecule has 0 unspecified atom stereocenters. The lowest BCUT2D eigenvalue weighted by molar-refractivity contribution is 0.355. The highest BCUT2D eigenvalue weighted by Gasteiger charge is 2.13. The highest BCUT2D eigenvalue weighted by molar-refractivity contribution is 7.89. The number of ether oxygens (including phenoxy) is 2. The topological polar surface area (TPSA) is 82.8 Å². The van der Waals surface area contributed by atoms with Crippen molar-refractivity contribution in [1.29, 1.82) is 0 Å². The van der Waals surface area contributed by atoms with Crippen LogP contribution >= 0.6 is 0 Å². The van der Waals surface area contributed by atoms with E-state index in [1.165, 1.54) is 6.26 Å². The van der Waals surface area contributed by atoms with Crippen LogP contribution in [0.25, 0.3) is 28.2 Å². The Labute approximate surface area is 174 Å². The number of nitrogens with zero attached hydrogens (tertiary/aromatic N) is 3. The van der Waals surface area contributed by atoms with Crippen molar-refractivity contribution in [3.05, 3.63) is 66.4 Å². The van der Waals surface area contributed by atoms with Gasteiger partial charge in [-0.25, -0.2) is 17.9 Å². The number of methoxy groups -OCH3 is 2. The molecule has 2 aromatic carbocycles. The van der Waals surface area contributed by atoms with Gasteiger partial charge in [0.2, 0.25) is 0 Å². The van der Waals surface area contributed by atoms with Gasteiger partial charge in [-0.1, -0.05) is 18.2 Å². The van der Waals surface area contributed by atoms with E-state index >= 15 is 0 Å². The molecule has 2 aromatic heterocycles. The molecule has 0 aliphatic rings. The van der Waals surface area contributed by atoms with Crippen molar-refractivity contribution in [1.82, 2.24) is 14.6 Å². The monoisotopic (exact) mass is 423 g/mol. The number of imidazole rings is 1. The van der Waals surface area contributed by atoms with Crippen LogP contribution in [0.3, 0.4) is 0 Å². The van der Waals surface area contributed by atoms with Crippen LogP contribution in [-0.4, -0.2) is 43.5 Å². The Hall–Kier alpha value is -3.39. The molecular formula is C22H21N3O4S. The Bertz CT molecular complexity index is 1330. The van der Waals surface area contributed by atoms with Crippen LogP contribution in [0.1, 0.15) is 5.56 Å². The maximum atomic E-state index is 11.6. The molecule has 30 heavy (non-hydrogen) atoms. The van der Waals surface area contributed by atoms with E-state index in [2.05, 4.69) is 4.98 Å². The molecule has 8 heteroatoms. The van der Waals surface area contributed by atoms with Crippen LogP contribution in [0.5, 0.6) is 11.5 Å². The Morgan fingerprint density at radius 2 is 1.73 bits per heavy atom. The Kier molecular flexibility index (Phi) is 5.17. The molecular weight excluding hydrogens is 402 g/mol. The number of fused-ring (bicyclic) bond motifs is 1. The summed E-state index contributed by atoms with van der Waals surface area (Å²) in [5, 5.41) is 4.75. The zero-order valence-corrected chi connectivity index (χ0v) is 17.7. The maximum absolute atomic E-state index is 11.6. The first kappa shape index (κ1) is 19.9. The number of sulfone groups is 1. The summed E-state index contributed by atoms with van der Waals surface area (Å²) in [4.78, 5) is 4.44. The van der Waals surface area contributed by atoms with E-state index in [-0.39, 0.29) is 5.75 Å². The molecule has 0 N–H and O–H groups in total. The van der Waals surface area contributed by atoms with Crippen molar-refractivity contribution in [2.24, 2.45) is 0 Å². The molecule has 2 heterocycles.